The minimum atomic E-state index is 0.483. The Balaban J connectivity index is 1.88. The van der Waals surface area contributed by atoms with Gasteiger partial charge in [-0.3, -0.25) is 5.43 Å². The molecule has 1 aromatic carbocycles. The Kier molecular flexibility index (Phi) is 4.44. The van der Waals surface area contributed by atoms with Crippen LogP contribution in [0.15, 0.2) is 46.9 Å². The first-order valence-electron chi connectivity index (χ1n) is 5.45. The maximum atomic E-state index is 5.16. The summed E-state index contributed by atoms with van der Waals surface area (Å²) >= 11 is 6.79. The van der Waals surface area contributed by atoms with Crippen LogP contribution in [-0.4, -0.2) is 11.3 Å². The van der Waals surface area contributed by atoms with Crippen molar-refractivity contribution in [2.75, 3.05) is 5.32 Å². The molecular weight excluding hydrogens is 262 g/mol. The molecule has 1 heterocycles. The van der Waals surface area contributed by atoms with Crippen molar-refractivity contribution in [3.8, 4) is 0 Å². The zero-order chi connectivity index (χ0) is 12.8. The Labute approximate surface area is 116 Å². The summed E-state index contributed by atoms with van der Waals surface area (Å²) in [5, 5.41) is 9.66. The van der Waals surface area contributed by atoms with Crippen LogP contribution in [0, 0.1) is 6.92 Å². The van der Waals surface area contributed by atoms with Gasteiger partial charge in [0.1, 0.15) is 0 Å². The molecule has 92 valence electrons. The zero-order valence-corrected chi connectivity index (χ0v) is 11.5. The predicted octanol–water partition coefficient (Wildman–Crippen LogP) is 3.38. The van der Waals surface area contributed by atoms with Crippen molar-refractivity contribution in [3.63, 3.8) is 0 Å². The van der Waals surface area contributed by atoms with E-state index in [4.69, 9.17) is 12.2 Å². The molecule has 2 rings (SSSR count). The van der Waals surface area contributed by atoms with Crippen LogP contribution in [0.3, 0.4) is 0 Å². The number of aryl methyl sites for hydroxylation is 1. The molecule has 3 nitrogen and oxygen atoms in total. The first-order valence-corrected chi connectivity index (χ1v) is 6.74. The highest BCUT2D eigenvalue weighted by Crippen LogP contribution is 2.12. The third kappa shape index (κ3) is 3.65. The van der Waals surface area contributed by atoms with Gasteiger partial charge in [-0.1, -0.05) is 24.3 Å². The molecule has 0 radical (unpaired) electrons. The third-order valence-corrected chi connectivity index (χ3v) is 3.29. The summed E-state index contributed by atoms with van der Waals surface area (Å²) in [5.74, 6) is 0. The number of nitrogens with one attached hydrogen (secondary N) is 2. The maximum Gasteiger partial charge on any atom is 0.191 e. The smallest absolute Gasteiger partial charge is 0.191 e. The molecule has 2 aromatic rings. The van der Waals surface area contributed by atoms with E-state index >= 15 is 0 Å². The fourth-order valence-corrected chi connectivity index (χ4v) is 2.13. The monoisotopic (exact) mass is 275 g/mol. The van der Waals surface area contributed by atoms with Crippen LogP contribution in [0.4, 0.5) is 5.69 Å². The van der Waals surface area contributed by atoms with Gasteiger partial charge < -0.3 is 5.32 Å². The van der Waals surface area contributed by atoms with Crippen molar-refractivity contribution in [1.29, 1.82) is 0 Å². The van der Waals surface area contributed by atoms with E-state index in [0.717, 1.165) is 16.1 Å². The molecule has 0 spiro atoms. The number of benzene rings is 1. The Morgan fingerprint density at radius 1 is 1.28 bits per heavy atom. The van der Waals surface area contributed by atoms with Crippen molar-refractivity contribution < 1.29 is 0 Å². The van der Waals surface area contributed by atoms with Gasteiger partial charge in [0.05, 0.1) is 6.21 Å². The van der Waals surface area contributed by atoms with Crippen molar-refractivity contribution >= 4 is 40.6 Å². The average molecular weight is 275 g/mol. The first-order chi connectivity index (χ1) is 8.75. The van der Waals surface area contributed by atoms with Gasteiger partial charge in [0.2, 0.25) is 0 Å². The molecule has 0 saturated carbocycles. The molecule has 0 amide bonds. The van der Waals surface area contributed by atoms with Gasteiger partial charge in [0.25, 0.3) is 0 Å². The molecular formula is C13H13N3S2. The SMILES string of the molecule is Cc1ccccc1NC(=S)N/N=C\c1cccs1. The summed E-state index contributed by atoms with van der Waals surface area (Å²) in [6.07, 6.45) is 1.75. The number of anilines is 1. The lowest BCUT2D eigenvalue weighted by Gasteiger charge is -2.09. The van der Waals surface area contributed by atoms with Gasteiger partial charge in [-0.05, 0) is 42.2 Å². The van der Waals surface area contributed by atoms with Gasteiger partial charge in [0, 0.05) is 10.6 Å². The summed E-state index contributed by atoms with van der Waals surface area (Å²) in [4.78, 5) is 1.08. The first kappa shape index (κ1) is 12.7. The summed E-state index contributed by atoms with van der Waals surface area (Å²) in [5.41, 5.74) is 4.92. The minimum Gasteiger partial charge on any atom is -0.331 e. The number of thiocarbonyl (C=S) groups is 1. The maximum absolute atomic E-state index is 5.16. The van der Waals surface area contributed by atoms with E-state index in [0.29, 0.717) is 5.11 Å². The van der Waals surface area contributed by atoms with Crippen LogP contribution in [0.5, 0.6) is 0 Å². The number of hydrogen-bond donors (Lipinski definition) is 2. The third-order valence-electron chi connectivity index (χ3n) is 2.29. The quantitative estimate of drug-likeness (QED) is 0.512. The number of nitrogens with zero attached hydrogens (tertiary/aromatic N) is 1. The largest absolute Gasteiger partial charge is 0.331 e. The number of para-hydroxylation sites is 1. The minimum absolute atomic E-state index is 0.483. The highest BCUT2D eigenvalue weighted by Gasteiger charge is 1.98. The molecule has 2 N–H and O–H groups in total. The van der Waals surface area contributed by atoms with Crippen LogP contribution >= 0.6 is 23.6 Å². The highest BCUT2D eigenvalue weighted by atomic mass is 32.1. The van der Waals surface area contributed by atoms with Crippen LogP contribution in [-0.2, 0) is 0 Å². The number of hydrogen-bond acceptors (Lipinski definition) is 3. The van der Waals surface area contributed by atoms with Crippen molar-refractivity contribution in [2.45, 2.75) is 6.92 Å². The van der Waals surface area contributed by atoms with E-state index < -0.39 is 0 Å². The fourth-order valence-electron chi connectivity index (χ4n) is 1.38. The van der Waals surface area contributed by atoms with Gasteiger partial charge in [-0.2, -0.15) is 5.10 Å². The van der Waals surface area contributed by atoms with Gasteiger partial charge >= 0.3 is 0 Å². The van der Waals surface area contributed by atoms with Gasteiger partial charge in [-0.25, -0.2) is 0 Å². The molecule has 0 fully saturated rings. The van der Waals surface area contributed by atoms with Crippen LogP contribution in [0.25, 0.3) is 0 Å². The Morgan fingerprint density at radius 3 is 2.83 bits per heavy atom. The lowest BCUT2D eigenvalue weighted by atomic mass is 10.2. The molecule has 0 atom stereocenters. The van der Waals surface area contributed by atoms with E-state index in [1.54, 1.807) is 17.6 Å². The van der Waals surface area contributed by atoms with Crippen LogP contribution in [0.2, 0.25) is 0 Å². The molecule has 0 aliphatic heterocycles. The van der Waals surface area contributed by atoms with Crippen molar-refractivity contribution in [2.24, 2.45) is 5.10 Å². The standard InChI is InChI=1S/C13H13N3S2/c1-10-5-2-3-7-12(10)15-13(17)16-14-9-11-6-4-8-18-11/h2-9H,1H3,(H2,15,16,17)/b14-9-. The number of hydrazone groups is 1. The van der Waals surface area contributed by atoms with Crippen molar-refractivity contribution in [3.05, 3.63) is 52.2 Å². The highest BCUT2D eigenvalue weighted by molar-refractivity contribution is 7.80. The molecule has 18 heavy (non-hydrogen) atoms. The fraction of sp³-hybridized carbons (Fsp3) is 0.0769. The molecule has 5 heteroatoms. The van der Waals surface area contributed by atoms with E-state index in [1.165, 1.54) is 0 Å². The summed E-state index contributed by atoms with van der Waals surface area (Å²) in [6.45, 7) is 2.03. The van der Waals surface area contributed by atoms with Crippen LogP contribution in [0.1, 0.15) is 10.4 Å². The van der Waals surface area contributed by atoms with E-state index in [1.807, 2.05) is 48.7 Å². The molecule has 0 unspecified atom stereocenters. The molecule has 1 aromatic heterocycles. The van der Waals surface area contributed by atoms with E-state index in [-0.39, 0.29) is 0 Å². The predicted molar refractivity (Wildman–Crippen MR) is 82.4 cm³/mol. The topological polar surface area (TPSA) is 36.4 Å². The molecule has 0 aliphatic rings. The molecule has 0 aliphatic carbocycles. The lowest BCUT2D eigenvalue weighted by Crippen LogP contribution is -2.24. The van der Waals surface area contributed by atoms with Crippen LogP contribution < -0.4 is 10.7 Å². The normalized spacial score (nSPS) is 10.5. The second kappa shape index (κ2) is 6.28. The summed E-state index contributed by atoms with van der Waals surface area (Å²) in [7, 11) is 0. The summed E-state index contributed by atoms with van der Waals surface area (Å²) in [6, 6.07) is 11.9. The number of rotatable bonds is 3. The van der Waals surface area contributed by atoms with Gasteiger partial charge in [-0.15, -0.1) is 11.3 Å². The van der Waals surface area contributed by atoms with E-state index in [2.05, 4.69) is 15.8 Å². The lowest BCUT2D eigenvalue weighted by molar-refractivity contribution is 1.05. The van der Waals surface area contributed by atoms with Gasteiger partial charge in [0.15, 0.2) is 5.11 Å². The average Bonchev–Trinajstić information content (AvgIpc) is 2.85. The van der Waals surface area contributed by atoms with E-state index in [9.17, 15) is 0 Å². The second-order valence-corrected chi connectivity index (χ2v) is 5.04. The Bertz CT molecular complexity index is 547. The summed E-state index contributed by atoms with van der Waals surface area (Å²) < 4.78 is 0. The molecule has 0 bridgehead atoms. The van der Waals surface area contributed by atoms with Crippen molar-refractivity contribution in [1.82, 2.24) is 5.43 Å². The zero-order valence-electron chi connectivity index (χ0n) is 9.88. The Morgan fingerprint density at radius 2 is 2.11 bits per heavy atom. The second-order valence-electron chi connectivity index (χ2n) is 3.65. The molecule has 0 saturated heterocycles. The number of thiophene rings is 1. The Hall–Kier alpha value is -1.72.